The van der Waals surface area contributed by atoms with Gasteiger partial charge in [-0.3, -0.25) is 4.79 Å². The second-order valence-corrected chi connectivity index (χ2v) is 20.8. The van der Waals surface area contributed by atoms with Crippen LogP contribution >= 0.6 is 0 Å². The van der Waals surface area contributed by atoms with E-state index in [1.807, 2.05) is 19.9 Å². The molecule has 0 aromatic rings. The lowest BCUT2D eigenvalue weighted by atomic mass is 9.79. The van der Waals surface area contributed by atoms with Crippen molar-refractivity contribution in [3.8, 4) is 0 Å². The molecule has 65 heavy (non-hydrogen) atoms. The Morgan fingerprint density at radius 2 is 1.75 bits per heavy atom. The van der Waals surface area contributed by atoms with Crippen LogP contribution in [0.15, 0.2) is 60.3 Å². The van der Waals surface area contributed by atoms with Gasteiger partial charge in [-0.05, 0) is 113 Å². The number of hydrogen-bond donors (Lipinski definition) is 4. The molecule has 7 rings (SSSR count). The van der Waals surface area contributed by atoms with Gasteiger partial charge in [0, 0.05) is 38.0 Å². The summed E-state index contributed by atoms with van der Waals surface area (Å²) in [5, 5.41) is 45.6. The second kappa shape index (κ2) is 20.6. The molecule has 6 saturated heterocycles. The minimum atomic E-state index is -1.89. The smallest absolute Gasteiger partial charge is 0.338 e. The topological polar surface area (TPSA) is 189 Å². The summed E-state index contributed by atoms with van der Waals surface area (Å²) in [5.74, 6) is -3.44. The zero-order chi connectivity index (χ0) is 46.9. The van der Waals surface area contributed by atoms with Gasteiger partial charge < -0.3 is 58.3 Å². The lowest BCUT2D eigenvalue weighted by Gasteiger charge is -2.50. The number of aliphatic hydroxyl groups is 4. The number of carbonyl (C=O) groups excluding carboxylic acids is 2. The Balaban J connectivity index is 0.900. The maximum absolute atomic E-state index is 12.9. The fraction of sp³-hybridized carbons (Fsp3) is 0.765. The molecule has 7 aliphatic heterocycles. The molecule has 4 N–H and O–H groups in total. The zero-order valence-corrected chi connectivity index (χ0v) is 39.3. The van der Waals surface area contributed by atoms with Crippen LogP contribution in [0.5, 0.6) is 0 Å². The van der Waals surface area contributed by atoms with Crippen molar-refractivity contribution in [3.05, 3.63) is 60.3 Å². The molecular weight excluding hydrogens is 837 g/mol. The summed E-state index contributed by atoms with van der Waals surface area (Å²) in [7, 11) is 0. The zero-order valence-electron chi connectivity index (χ0n) is 39.3. The Kier molecular flexibility index (Phi) is 15.9. The quantitative estimate of drug-likeness (QED) is 0.0614. The Hall–Kier alpha value is -2.60. The summed E-state index contributed by atoms with van der Waals surface area (Å²) < 4.78 is 51.0. The Morgan fingerprint density at radius 3 is 2.49 bits per heavy atom. The van der Waals surface area contributed by atoms with Crippen molar-refractivity contribution in [1.82, 2.24) is 0 Å². The Labute approximate surface area is 385 Å². The lowest BCUT2D eigenvalue weighted by molar-refractivity contribution is -0.321. The van der Waals surface area contributed by atoms with E-state index in [-0.39, 0.29) is 49.6 Å². The summed E-state index contributed by atoms with van der Waals surface area (Å²) in [6.45, 7) is 21.9. The van der Waals surface area contributed by atoms with Gasteiger partial charge in [-0.2, -0.15) is 0 Å². The molecule has 0 bridgehead atoms. The molecule has 0 aliphatic carbocycles. The van der Waals surface area contributed by atoms with Gasteiger partial charge in [0.15, 0.2) is 17.2 Å². The lowest BCUT2D eigenvalue weighted by Crippen LogP contribution is -2.60. The molecule has 7 aliphatic rings. The van der Waals surface area contributed by atoms with Crippen molar-refractivity contribution in [2.45, 2.75) is 215 Å². The highest BCUT2D eigenvalue weighted by Gasteiger charge is 2.55. The van der Waals surface area contributed by atoms with E-state index in [2.05, 4.69) is 39.7 Å². The van der Waals surface area contributed by atoms with Crippen molar-refractivity contribution < 1.29 is 67.9 Å². The largest absolute Gasteiger partial charge is 0.459 e. The van der Waals surface area contributed by atoms with Gasteiger partial charge in [0.1, 0.15) is 37.3 Å². The Bertz CT molecular complexity index is 1800. The van der Waals surface area contributed by atoms with Crippen molar-refractivity contribution in [2.75, 3.05) is 13.2 Å². The maximum Gasteiger partial charge on any atom is 0.338 e. The van der Waals surface area contributed by atoms with Crippen molar-refractivity contribution in [1.29, 1.82) is 0 Å². The average Bonchev–Trinajstić information content (AvgIpc) is 3.66. The highest BCUT2D eigenvalue weighted by molar-refractivity contribution is 5.79. The second-order valence-electron chi connectivity index (χ2n) is 20.8. The number of rotatable bonds is 15. The third kappa shape index (κ3) is 11.5. The van der Waals surface area contributed by atoms with Crippen molar-refractivity contribution >= 4 is 12.3 Å². The molecule has 17 atom stereocenters. The van der Waals surface area contributed by atoms with Crippen LogP contribution < -0.4 is 0 Å². The van der Waals surface area contributed by atoms with Crippen LogP contribution in [-0.2, 0) is 47.5 Å². The number of aliphatic hydroxyl groups excluding tert-OH is 3. The number of allylic oxidation sites excluding steroid dienone is 1. The summed E-state index contributed by atoms with van der Waals surface area (Å²) in [5.41, 5.74) is 0.291. The van der Waals surface area contributed by atoms with Crippen molar-refractivity contribution in [2.24, 2.45) is 17.8 Å². The van der Waals surface area contributed by atoms with E-state index in [9.17, 15) is 30.0 Å². The van der Waals surface area contributed by atoms with Crippen LogP contribution in [0, 0.1) is 17.8 Å². The summed E-state index contributed by atoms with van der Waals surface area (Å²) in [6.07, 6.45) is 9.97. The van der Waals surface area contributed by atoms with Crippen LogP contribution in [0.4, 0.5) is 0 Å². The first-order chi connectivity index (χ1) is 30.8. The SMILES string of the molecule is C=C(C=O)CC(=C)COC(=O)[C@](C)(O)C[C@@H]1CC[C@@H](O)[C@]2(C=C(C)C[C@@H]([C@H](C)/C=C/[C@@H]3CC[C@@]4(CCC5O[C@H]([C@@H](O)C[C@H](C)C6O[C@@]7(CCCCO7)CC[C@H]6C)C(=C)[C@@H](O)C5O4)O3)O2)O1. The fourth-order valence-corrected chi connectivity index (χ4v) is 11.3. The third-order valence-corrected chi connectivity index (χ3v) is 15.0. The van der Waals surface area contributed by atoms with Gasteiger partial charge in [-0.25, -0.2) is 4.79 Å². The highest BCUT2D eigenvalue weighted by atomic mass is 16.7. The Morgan fingerprint density at radius 1 is 1.00 bits per heavy atom. The molecule has 0 aromatic carbocycles. The molecule has 364 valence electrons. The maximum atomic E-state index is 12.9. The number of fused-ring (bicyclic) bond motifs is 1. The van der Waals surface area contributed by atoms with E-state index in [1.165, 1.54) is 6.92 Å². The van der Waals surface area contributed by atoms with Gasteiger partial charge in [-0.1, -0.05) is 58.2 Å². The minimum Gasteiger partial charge on any atom is -0.459 e. The molecule has 7 heterocycles. The van der Waals surface area contributed by atoms with E-state index in [0.717, 1.165) is 44.3 Å². The van der Waals surface area contributed by atoms with Gasteiger partial charge in [0.25, 0.3) is 0 Å². The number of esters is 1. The number of hydrogen-bond acceptors (Lipinski definition) is 14. The van der Waals surface area contributed by atoms with Crippen LogP contribution in [-0.4, -0.2) is 130 Å². The third-order valence-electron chi connectivity index (χ3n) is 15.0. The van der Waals surface area contributed by atoms with E-state index < -0.39 is 71.7 Å². The molecule has 14 nitrogen and oxygen atoms in total. The number of carbonyl (C=O) groups is 2. The molecule has 0 radical (unpaired) electrons. The molecule has 3 unspecified atom stereocenters. The monoisotopic (exact) mass is 913 g/mol. The summed E-state index contributed by atoms with van der Waals surface area (Å²) in [4.78, 5) is 23.8. The van der Waals surface area contributed by atoms with Crippen LogP contribution in [0.1, 0.15) is 131 Å². The molecular formula is C51H76O14. The first-order valence-electron chi connectivity index (χ1n) is 24.2. The van der Waals surface area contributed by atoms with Crippen molar-refractivity contribution in [3.63, 3.8) is 0 Å². The molecule has 0 saturated carbocycles. The van der Waals surface area contributed by atoms with Gasteiger partial charge >= 0.3 is 5.97 Å². The number of ether oxygens (including phenoxy) is 8. The molecule has 3 spiro atoms. The summed E-state index contributed by atoms with van der Waals surface area (Å²) in [6, 6.07) is 0. The predicted molar refractivity (Wildman–Crippen MR) is 240 cm³/mol. The first kappa shape index (κ1) is 50.3. The van der Waals surface area contributed by atoms with Crippen LogP contribution in [0.25, 0.3) is 0 Å². The van der Waals surface area contributed by atoms with E-state index in [1.54, 1.807) is 6.08 Å². The average molecular weight is 913 g/mol. The summed E-state index contributed by atoms with van der Waals surface area (Å²) >= 11 is 0. The van der Waals surface area contributed by atoms with Gasteiger partial charge in [0.05, 0.1) is 43.2 Å². The standard InChI is InChI=1S/C51H76O14/c1-30-24-41(63-51(26-30)42(54)14-13-38(62-51)27-48(8,57)47(56)58-29-32(3)23-31(2)28-52)33(4)11-12-37-16-20-50(61-37)21-17-40-46(65-50)43(55)36(7)45(60-40)39(53)25-35(6)44-34(5)15-19-49(64-44)18-9-10-22-59-49/h11-12,26,28,33-35,37-46,53-55,57H,2-3,7,9-10,13-25,27,29H2,1,4-6,8H3/b12-11+/t33-,34-,35+,37-,38+,39+,40?,41+,42-,43-,44?,45+,46?,48-,49+,50-,51-/m1/s1. The minimum absolute atomic E-state index is 0.0414. The first-order valence-corrected chi connectivity index (χ1v) is 24.2. The fourth-order valence-electron chi connectivity index (χ4n) is 11.3. The van der Waals surface area contributed by atoms with E-state index in [0.29, 0.717) is 80.3 Å². The molecule has 0 aromatic heterocycles. The highest BCUT2D eigenvalue weighted by Crippen LogP contribution is 2.47. The van der Waals surface area contributed by atoms with E-state index >= 15 is 0 Å². The molecule has 6 fully saturated rings. The molecule has 14 heteroatoms. The van der Waals surface area contributed by atoms with Gasteiger partial charge in [0.2, 0.25) is 5.79 Å². The number of aldehydes is 1. The van der Waals surface area contributed by atoms with Gasteiger partial charge in [-0.15, -0.1) is 0 Å². The van der Waals surface area contributed by atoms with Crippen LogP contribution in [0.3, 0.4) is 0 Å². The van der Waals surface area contributed by atoms with E-state index in [4.69, 9.17) is 37.9 Å². The van der Waals surface area contributed by atoms with Crippen LogP contribution in [0.2, 0.25) is 0 Å². The predicted octanol–water partition coefficient (Wildman–Crippen LogP) is 6.37. The molecule has 0 amide bonds. The normalized spacial score (nSPS) is 41.1.